The third kappa shape index (κ3) is 44.0. The Morgan fingerprint density at radius 1 is 0.492 bits per heavy atom. The normalized spacial score (nSPS) is 13.3. The molecule has 8 heteroatoms. The SMILES string of the molecule is CC/C=C/C/C=C/C/C=C/C/C=C/C/C=C/CCCC(=O)OC(COCCC(C(=O)[O-])[N+](C)(C)C)COC(=O)CCCCCCCCCCCCCCCCCCCCCCCC. The molecule has 2 atom stereocenters. The summed E-state index contributed by atoms with van der Waals surface area (Å²) in [4.78, 5) is 37.0. The van der Waals surface area contributed by atoms with Gasteiger partial charge in [-0.2, -0.15) is 0 Å². The van der Waals surface area contributed by atoms with Crippen molar-refractivity contribution in [3.63, 3.8) is 0 Å². The first kappa shape index (κ1) is 60.0. The molecule has 0 bridgehead atoms. The van der Waals surface area contributed by atoms with Crippen molar-refractivity contribution >= 4 is 17.9 Å². The molecule has 0 radical (unpaired) electrons. The molecule has 364 valence electrons. The second-order valence-electron chi connectivity index (χ2n) is 18.4. The zero-order valence-electron chi connectivity index (χ0n) is 41.5. The number of quaternary nitrogens is 1. The molecule has 0 saturated carbocycles. The summed E-state index contributed by atoms with van der Waals surface area (Å²) in [5, 5.41) is 11.7. The van der Waals surface area contributed by atoms with Gasteiger partial charge in [-0.05, 0) is 51.4 Å². The predicted molar refractivity (Wildman–Crippen MR) is 263 cm³/mol. The van der Waals surface area contributed by atoms with E-state index in [4.69, 9.17) is 14.2 Å². The van der Waals surface area contributed by atoms with E-state index in [2.05, 4.69) is 74.6 Å². The third-order valence-electron chi connectivity index (χ3n) is 11.4. The van der Waals surface area contributed by atoms with Crippen LogP contribution < -0.4 is 5.11 Å². The highest BCUT2D eigenvalue weighted by Gasteiger charge is 2.25. The van der Waals surface area contributed by atoms with E-state index in [0.717, 1.165) is 57.8 Å². The molecule has 2 unspecified atom stereocenters. The van der Waals surface area contributed by atoms with E-state index in [1.54, 1.807) is 21.1 Å². The fourth-order valence-electron chi connectivity index (χ4n) is 7.46. The largest absolute Gasteiger partial charge is 0.544 e. The topological polar surface area (TPSA) is 102 Å². The lowest BCUT2D eigenvalue weighted by Crippen LogP contribution is -2.55. The molecule has 0 N–H and O–H groups in total. The zero-order valence-corrected chi connectivity index (χ0v) is 41.5. The lowest BCUT2D eigenvalue weighted by atomic mass is 10.0. The van der Waals surface area contributed by atoms with E-state index in [1.165, 1.54) is 122 Å². The summed E-state index contributed by atoms with van der Waals surface area (Å²) in [5.74, 6) is -1.80. The van der Waals surface area contributed by atoms with Crippen LogP contribution in [0.3, 0.4) is 0 Å². The number of carbonyl (C=O) groups excluding carboxylic acids is 3. The Kier molecular flexibility index (Phi) is 43.4. The molecule has 0 rings (SSSR count). The maximum atomic E-state index is 12.7. The van der Waals surface area contributed by atoms with Gasteiger partial charge in [0.2, 0.25) is 0 Å². The number of hydrogen-bond donors (Lipinski definition) is 0. The van der Waals surface area contributed by atoms with Crippen LogP contribution in [0.15, 0.2) is 60.8 Å². The first-order valence-corrected chi connectivity index (χ1v) is 25.8. The van der Waals surface area contributed by atoms with Crippen LogP contribution in [0.5, 0.6) is 0 Å². The second kappa shape index (κ2) is 45.6. The number of allylic oxidation sites excluding steroid dienone is 10. The summed E-state index contributed by atoms with van der Waals surface area (Å²) < 4.78 is 17.2. The van der Waals surface area contributed by atoms with E-state index in [1.807, 2.05) is 0 Å². The van der Waals surface area contributed by atoms with Gasteiger partial charge in [0.05, 0.1) is 40.3 Å². The van der Waals surface area contributed by atoms with Crippen molar-refractivity contribution in [1.82, 2.24) is 0 Å². The molecule has 0 aliphatic rings. The van der Waals surface area contributed by atoms with Gasteiger partial charge >= 0.3 is 11.9 Å². The van der Waals surface area contributed by atoms with Crippen LogP contribution in [-0.2, 0) is 28.6 Å². The summed E-state index contributed by atoms with van der Waals surface area (Å²) in [6.45, 7) is 4.51. The van der Waals surface area contributed by atoms with Crippen molar-refractivity contribution in [1.29, 1.82) is 0 Å². The summed E-state index contributed by atoms with van der Waals surface area (Å²) in [6.07, 6.45) is 57.0. The van der Waals surface area contributed by atoms with Crippen LogP contribution in [0.25, 0.3) is 0 Å². The van der Waals surface area contributed by atoms with Crippen molar-refractivity contribution in [3.05, 3.63) is 60.8 Å². The van der Waals surface area contributed by atoms with Crippen molar-refractivity contribution < 1.29 is 38.2 Å². The van der Waals surface area contributed by atoms with Crippen LogP contribution in [0.4, 0.5) is 0 Å². The van der Waals surface area contributed by atoms with Crippen molar-refractivity contribution in [2.75, 3.05) is 41.0 Å². The molecule has 0 aromatic heterocycles. The molecule has 63 heavy (non-hydrogen) atoms. The molecule has 0 heterocycles. The minimum Gasteiger partial charge on any atom is -0.544 e. The van der Waals surface area contributed by atoms with Gasteiger partial charge in [0, 0.05) is 19.3 Å². The third-order valence-corrected chi connectivity index (χ3v) is 11.4. The van der Waals surface area contributed by atoms with Crippen LogP contribution >= 0.6 is 0 Å². The molecular weight excluding hydrogens is 787 g/mol. The molecule has 8 nitrogen and oxygen atoms in total. The number of ether oxygens (including phenoxy) is 3. The molecule has 0 aliphatic carbocycles. The lowest BCUT2D eigenvalue weighted by Gasteiger charge is -2.34. The standard InChI is InChI=1S/C55H97NO7/c1-6-8-10-12-14-16-18-20-22-24-25-26-27-28-30-31-33-35-37-39-41-43-45-53(57)62-50-51(49-61-48-47-52(55(59)60)56(3,4)5)63-54(58)46-44-42-40-38-36-34-32-29-23-21-19-17-15-13-11-9-7-2/h9,11,15,17,21,23,32,34,38,40,51-52H,6-8,10,12-14,16,18-20,22,24-31,33,35-37,39,41-50H2,1-5H3/b11-9+,17-15+,23-21+,34-32+,40-38+. The first-order valence-electron chi connectivity index (χ1n) is 25.8. The summed E-state index contributed by atoms with van der Waals surface area (Å²) in [5.41, 5.74) is 0. The number of carbonyl (C=O) groups is 3. The number of aliphatic carboxylic acids is 1. The molecule has 0 saturated heterocycles. The van der Waals surface area contributed by atoms with Gasteiger partial charge in [-0.3, -0.25) is 9.59 Å². The van der Waals surface area contributed by atoms with E-state index < -0.39 is 18.1 Å². The highest BCUT2D eigenvalue weighted by Crippen LogP contribution is 2.16. The summed E-state index contributed by atoms with van der Waals surface area (Å²) in [7, 11) is 5.39. The Morgan fingerprint density at radius 3 is 1.30 bits per heavy atom. The number of rotatable bonds is 46. The predicted octanol–water partition coefficient (Wildman–Crippen LogP) is 13.6. The van der Waals surface area contributed by atoms with E-state index in [9.17, 15) is 19.5 Å². The molecule has 0 aliphatic heterocycles. The number of likely N-dealkylation sites (N-methyl/N-ethyl adjacent to an activating group) is 1. The average Bonchev–Trinajstić information content (AvgIpc) is 3.24. The van der Waals surface area contributed by atoms with Crippen molar-refractivity contribution in [2.24, 2.45) is 0 Å². The summed E-state index contributed by atoms with van der Waals surface area (Å²) >= 11 is 0. The van der Waals surface area contributed by atoms with Crippen LogP contribution in [0.1, 0.15) is 219 Å². The molecule has 0 aromatic rings. The molecular formula is C55H97NO7. The Hall–Kier alpha value is -2.97. The number of unbranched alkanes of at least 4 members (excludes halogenated alkanes) is 22. The van der Waals surface area contributed by atoms with E-state index in [0.29, 0.717) is 12.8 Å². The number of nitrogens with zero attached hydrogens (tertiary/aromatic N) is 1. The number of carboxylic acid groups (broad SMARTS) is 1. The first-order chi connectivity index (χ1) is 30.6. The van der Waals surface area contributed by atoms with Gasteiger partial charge in [-0.15, -0.1) is 0 Å². The van der Waals surface area contributed by atoms with Crippen molar-refractivity contribution in [2.45, 2.75) is 231 Å². The average molecular weight is 884 g/mol. The quantitative estimate of drug-likeness (QED) is 0.0260. The van der Waals surface area contributed by atoms with Crippen LogP contribution in [0.2, 0.25) is 0 Å². The van der Waals surface area contributed by atoms with E-state index >= 15 is 0 Å². The van der Waals surface area contributed by atoms with Gasteiger partial charge in [-0.25, -0.2) is 0 Å². The molecule has 0 amide bonds. The summed E-state index contributed by atoms with van der Waals surface area (Å²) in [6, 6.07) is -0.737. The van der Waals surface area contributed by atoms with Gasteiger partial charge in [-0.1, -0.05) is 209 Å². The minimum absolute atomic E-state index is 0.0180. The van der Waals surface area contributed by atoms with Crippen molar-refractivity contribution in [3.8, 4) is 0 Å². The fourth-order valence-corrected chi connectivity index (χ4v) is 7.46. The number of esters is 2. The Balaban J connectivity index is 4.27. The Labute approximate surface area is 388 Å². The fraction of sp³-hybridized carbons (Fsp3) is 0.764. The van der Waals surface area contributed by atoms with Gasteiger partial charge in [0.15, 0.2) is 6.10 Å². The number of hydrogen-bond acceptors (Lipinski definition) is 7. The van der Waals surface area contributed by atoms with Crippen LogP contribution in [0, 0.1) is 0 Å². The minimum atomic E-state index is -1.13. The highest BCUT2D eigenvalue weighted by molar-refractivity contribution is 5.70. The van der Waals surface area contributed by atoms with Crippen LogP contribution in [-0.4, -0.2) is 75.5 Å². The Bertz CT molecular complexity index is 1210. The maximum absolute atomic E-state index is 12.7. The van der Waals surface area contributed by atoms with Gasteiger partial charge in [0.1, 0.15) is 12.6 Å². The van der Waals surface area contributed by atoms with E-state index in [-0.39, 0.29) is 49.1 Å². The number of carboxylic acids is 1. The molecule has 0 spiro atoms. The zero-order chi connectivity index (χ0) is 46.3. The Morgan fingerprint density at radius 2 is 0.889 bits per heavy atom. The monoisotopic (exact) mass is 884 g/mol. The highest BCUT2D eigenvalue weighted by atomic mass is 16.6. The van der Waals surface area contributed by atoms with Gasteiger partial charge in [0.25, 0.3) is 0 Å². The smallest absolute Gasteiger partial charge is 0.306 e. The lowest BCUT2D eigenvalue weighted by molar-refractivity contribution is -0.889. The maximum Gasteiger partial charge on any atom is 0.306 e. The molecule has 0 fully saturated rings. The molecule has 0 aromatic carbocycles. The second-order valence-corrected chi connectivity index (χ2v) is 18.4. The van der Waals surface area contributed by atoms with Gasteiger partial charge < -0.3 is 28.6 Å².